The van der Waals surface area contributed by atoms with Crippen molar-refractivity contribution in [2.24, 2.45) is 0 Å². The van der Waals surface area contributed by atoms with Crippen LogP contribution in [0.2, 0.25) is 0 Å². The van der Waals surface area contributed by atoms with E-state index in [0.717, 1.165) is 11.3 Å². The van der Waals surface area contributed by atoms with Crippen LogP contribution in [-0.2, 0) is 22.5 Å². The van der Waals surface area contributed by atoms with Crippen molar-refractivity contribution in [2.75, 3.05) is 7.11 Å². The van der Waals surface area contributed by atoms with Crippen LogP contribution in [0.5, 0.6) is 5.75 Å². The molecule has 1 aromatic heterocycles. The van der Waals surface area contributed by atoms with Gasteiger partial charge in [-0.05, 0) is 38.5 Å². The van der Waals surface area contributed by atoms with Crippen LogP contribution in [0.15, 0.2) is 28.7 Å². The molecule has 2 amide bonds. The lowest BCUT2D eigenvalue weighted by atomic mass is 10.1. The molecule has 152 valence electrons. The van der Waals surface area contributed by atoms with Gasteiger partial charge in [-0.2, -0.15) is 0 Å². The Balaban J connectivity index is 2.17. The Morgan fingerprint density at radius 1 is 1.18 bits per heavy atom. The number of amides is 2. The molecular weight excluding hydrogens is 364 g/mol. The topological polar surface area (TPSA) is 116 Å². The van der Waals surface area contributed by atoms with Crippen LogP contribution in [0.3, 0.4) is 0 Å². The number of ether oxygens (including phenoxy) is 2. The third-order valence-electron chi connectivity index (χ3n) is 3.56. The van der Waals surface area contributed by atoms with Crippen molar-refractivity contribution in [3.05, 3.63) is 41.6 Å². The van der Waals surface area contributed by atoms with Crippen molar-refractivity contribution in [1.82, 2.24) is 20.8 Å². The normalized spacial score (nSPS) is 12.2. The number of carbonyl (C=O) groups is 2. The van der Waals surface area contributed by atoms with Crippen LogP contribution in [0.1, 0.15) is 51.1 Å². The van der Waals surface area contributed by atoms with E-state index in [2.05, 4.69) is 20.8 Å². The van der Waals surface area contributed by atoms with E-state index in [1.54, 1.807) is 27.9 Å². The number of methoxy groups -OCH3 is 1. The summed E-state index contributed by atoms with van der Waals surface area (Å²) in [5, 5.41) is 13.3. The minimum atomic E-state index is -0.639. The second-order valence-corrected chi connectivity index (χ2v) is 7.19. The van der Waals surface area contributed by atoms with Gasteiger partial charge in [-0.3, -0.25) is 4.79 Å². The molecule has 0 bridgehead atoms. The molecule has 1 atom stereocenters. The highest BCUT2D eigenvalue weighted by atomic mass is 16.6. The Morgan fingerprint density at radius 2 is 1.86 bits per heavy atom. The summed E-state index contributed by atoms with van der Waals surface area (Å²) in [6, 6.07) is 6.84. The van der Waals surface area contributed by atoms with Gasteiger partial charge >= 0.3 is 6.09 Å². The zero-order valence-corrected chi connectivity index (χ0v) is 16.7. The summed E-state index contributed by atoms with van der Waals surface area (Å²) in [6.07, 6.45) is -0.182. The molecule has 1 heterocycles. The molecule has 2 N–H and O–H groups in total. The first-order valence-electron chi connectivity index (χ1n) is 8.85. The van der Waals surface area contributed by atoms with Gasteiger partial charge in [0.2, 0.25) is 17.7 Å². The van der Waals surface area contributed by atoms with Crippen LogP contribution in [0.25, 0.3) is 0 Å². The van der Waals surface area contributed by atoms with Crippen molar-refractivity contribution in [3.63, 3.8) is 0 Å². The molecular formula is C19H26N4O5. The van der Waals surface area contributed by atoms with E-state index in [1.165, 1.54) is 6.92 Å². The smallest absolute Gasteiger partial charge is 0.408 e. The molecule has 0 fully saturated rings. The molecule has 0 aliphatic carbocycles. The Bertz CT molecular complexity index is 795. The van der Waals surface area contributed by atoms with E-state index >= 15 is 0 Å². The highest BCUT2D eigenvalue weighted by molar-refractivity contribution is 5.72. The van der Waals surface area contributed by atoms with E-state index in [0.29, 0.717) is 6.42 Å². The van der Waals surface area contributed by atoms with Gasteiger partial charge in [0.25, 0.3) is 0 Å². The molecule has 0 spiro atoms. The number of hydrogen-bond donors (Lipinski definition) is 2. The Morgan fingerprint density at radius 3 is 2.43 bits per heavy atom. The number of rotatable bonds is 7. The van der Waals surface area contributed by atoms with Crippen LogP contribution < -0.4 is 15.4 Å². The summed E-state index contributed by atoms with van der Waals surface area (Å²) in [7, 11) is 1.59. The summed E-state index contributed by atoms with van der Waals surface area (Å²) in [5.74, 6) is 0.996. The van der Waals surface area contributed by atoms with Crippen molar-refractivity contribution in [2.45, 2.75) is 52.3 Å². The second kappa shape index (κ2) is 9.20. The Labute approximate surface area is 163 Å². The van der Waals surface area contributed by atoms with Gasteiger partial charge in [0.05, 0.1) is 13.7 Å². The molecule has 9 nitrogen and oxygen atoms in total. The molecule has 0 aliphatic rings. The fraction of sp³-hybridized carbons (Fsp3) is 0.474. The number of nitrogens with one attached hydrogen (secondary N) is 2. The van der Waals surface area contributed by atoms with Gasteiger partial charge in [-0.1, -0.05) is 12.1 Å². The fourth-order valence-corrected chi connectivity index (χ4v) is 2.33. The van der Waals surface area contributed by atoms with Crippen molar-refractivity contribution >= 4 is 12.0 Å². The summed E-state index contributed by atoms with van der Waals surface area (Å²) >= 11 is 0. The number of nitrogens with zero attached hydrogens (tertiary/aromatic N) is 2. The molecule has 0 saturated heterocycles. The predicted octanol–water partition coefficient (Wildman–Crippen LogP) is 2.52. The maximum Gasteiger partial charge on any atom is 0.408 e. The second-order valence-electron chi connectivity index (χ2n) is 7.19. The number of benzene rings is 1. The lowest BCUT2D eigenvalue weighted by Crippen LogP contribution is -2.36. The minimum Gasteiger partial charge on any atom is -0.497 e. The van der Waals surface area contributed by atoms with Crippen LogP contribution in [0, 0.1) is 0 Å². The summed E-state index contributed by atoms with van der Waals surface area (Å²) in [4.78, 5) is 23.3. The molecule has 0 unspecified atom stereocenters. The minimum absolute atomic E-state index is 0.115. The maximum atomic E-state index is 12.3. The van der Waals surface area contributed by atoms with Gasteiger partial charge in [0, 0.05) is 13.3 Å². The SMILES string of the molecule is COc1ccc(C[C@H](NC(=O)OC(C)(C)C)c2nnc(CNC(C)=O)o2)cc1. The van der Waals surface area contributed by atoms with Crippen LogP contribution in [-0.4, -0.2) is 34.9 Å². The summed E-state index contributed by atoms with van der Waals surface area (Å²) in [5.41, 5.74) is 0.295. The van der Waals surface area contributed by atoms with Gasteiger partial charge in [0.15, 0.2) is 0 Å². The van der Waals surface area contributed by atoms with Crippen molar-refractivity contribution in [3.8, 4) is 5.75 Å². The monoisotopic (exact) mass is 390 g/mol. The van der Waals surface area contributed by atoms with E-state index < -0.39 is 17.7 Å². The van der Waals surface area contributed by atoms with Crippen LogP contribution >= 0.6 is 0 Å². The molecule has 0 saturated carbocycles. The largest absolute Gasteiger partial charge is 0.497 e. The van der Waals surface area contributed by atoms with E-state index in [1.807, 2.05) is 24.3 Å². The van der Waals surface area contributed by atoms with Crippen molar-refractivity contribution in [1.29, 1.82) is 0 Å². The van der Waals surface area contributed by atoms with Gasteiger partial charge in [0.1, 0.15) is 17.4 Å². The Hall–Kier alpha value is -3.10. The third-order valence-corrected chi connectivity index (χ3v) is 3.56. The number of carbonyl (C=O) groups excluding carboxylic acids is 2. The van der Waals surface area contributed by atoms with Gasteiger partial charge in [-0.25, -0.2) is 4.79 Å². The zero-order valence-electron chi connectivity index (χ0n) is 16.7. The number of hydrogen-bond acceptors (Lipinski definition) is 7. The molecule has 0 radical (unpaired) electrons. The standard InChI is InChI=1S/C19H26N4O5/c1-12(24)20-11-16-22-23-17(27-16)15(21-18(25)28-19(2,3)4)10-13-6-8-14(26-5)9-7-13/h6-9,15H,10-11H2,1-5H3,(H,20,24)(H,21,25)/t15-/m0/s1. The highest BCUT2D eigenvalue weighted by Gasteiger charge is 2.25. The molecule has 1 aromatic carbocycles. The number of alkyl carbamates (subject to hydrolysis) is 1. The average Bonchev–Trinajstić information content (AvgIpc) is 3.07. The first kappa shape index (κ1) is 21.2. The summed E-state index contributed by atoms with van der Waals surface area (Å²) < 4.78 is 16.1. The van der Waals surface area contributed by atoms with Crippen LogP contribution in [0.4, 0.5) is 4.79 Å². The quantitative estimate of drug-likeness (QED) is 0.746. The highest BCUT2D eigenvalue weighted by Crippen LogP contribution is 2.21. The molecule has 9 heteroatoms. The van der Waals surface area contributed by atoms with Crippen molar-refractivity contribution < 1.29 is 23.5 Å². The maximum absolute atomic E-state index is 12.3. The first-order chi connectivity index (χ1) is 13.2. The lowest BCUT2D eigenvalue weighted by molar-refractivity contribution is -0.119. The van der Waals surface area contributed by atoms with Gasteiger partial charge < -0.3 is 24.5 Å². The predicted molar refractivity (Wildman–Crippen MR) is 101 cm³/mol. The zero-order chi connectivity index (χ0) is 20.7. The molecule has 2 aromatic rings. The summed E-state index contributed by atoms with van der Waals surface area (Å²) in [6.45, 7) is 6.85. The van der Waals surface area contributed by atoms with Gasteiger partial charge in [-0.15, -0.1) is 10.2 Å². The Kier molecular flexibility index (Phi) is 6.97. The fourth-order valence-electron chi connectivity index (χ4n) is 2.33. The van der Waals surface area contributed by atoms with E-state index in [4.69, 9.17) is 13.9 Å². The van der Waals surface area contributed by atoms with E-state index in [9.17, 15) is 9.59 Å². The lowest BCUT2D eigenvalue weighted by Gasteiger charge is -2.22. The molecule has 28 heavy (non-hydrogen) atoms. The third kappa shape index (κ3) is 6.90. The van der Waals surface area contributed by atoms with E-state index in [-0.39, 0.29) is 24.2 Å². The first-order valence-corrected chi connectivity index (χ1v) is 8.85. The average molecular weight is 390 g/mol. The molecule has 2 rings (SSSR count). The number of aromatic nitrogens is 2. The molecule has 0 aliphatic heterocycles.